The van der Waals surface area contributed by atoms with Gasteiger partial charge in [0.1, 0.15) is 5.69 Å². The molecule has 7 heteroatoms. The van der Waals surface area contributed by atoms with Gasteiger partial charge in [-0.2, -0.15) is 5.10 Å². The molecule has 0 atom stereocenters. The number of hydrogen-bond acceptors (Lipinski definition) is 4. The molecular weight excluding hydrogens is 306 g/mol. The molecule has 0 aromatic carbocycles. The summed E-state index contributed by atoms with van der Waals surface area (Å²) in [6, 6.07) is 2.02. The number of anilines is 1. The third kappa shape index (κ3) is 3.11. The van der Waals surface area contributed by atoms with Crippen LogP contribution in [-0.2, 0) is 9.59 Å². The molecule has 0 bridgehead atoms. The fraction of sp³-hybridized carbons (Fsp3) is 0.529. The molecule has 2 aromatic rings. The molecule has 2 saturated carbocycles. The molecule has 0 aliphatic heterocycles. The average Bonchev–Trinajstić information content (AvgIpc) is 3.38. The Bertz CT molecular complexity index is 759. The summed E-state index contributed by atoms with van der Waals surface area (Å²) in [5.74, 6) is 0.440. The second-order valence-electron chi connectivity index (χ2n) is 6.77. The summed E-state index contributed by atoms with van der Waals surface area (Å²) < 4.78 is 1.64. The maximum Gasteiger partial charge on any atom is 0.227 e. The Hall–Kier alpha value is -2.44. The SMILES string of the molecule is O=C(Nc1cnn2cccnc12)C1CCC(NC(=O)C2CC2)CC1. The minimum atomic E-state index is -0.0160. The largest absolute Gasteiger partial charge is 0.353 e. The Labute approximate surface area is 139 Å². The third-order valence-electron chi connectivity index (χ3n) is 4.93. The number of nitrogens with zero attached hydrogens (tertiary/aromatic N) is 3. The molecule has 0 radical (unpaired) electrons. The summed E-state index contributed by atoms with van der Waals surface area (Å²) in [5, 5.41) is 10.2. The first-order valence-corrected chi connectivity index (χ1v) is 8.60. The van der Waals surface area contributed by atoms with Crippen LogP contribution in [0, 0.1) is 11.8 Å². The number of carbonyl (C=O) groups excluding carboxylic acids is 2. The van der Waals surface area contributed by atoms with E-state index in [1.165, 1.54) is 0 Å². The quantitative estimate of drug-likeness (QED) is 0.895. The van der Waals surface area contributed by atoms with Gasteiger partial charge in [0.15, 0.2) is 5.65 Å². The third-order valence-corrected chi connectivity index (χ3v) is 4.93. The molecule has 0 spiro atoms. The highest BCUT2D eigenvalue weighted by atomic mass is 16.2. The number of rotatable bonds is 4. The van der Waals surface area contributed by atoms with Crippen molar-refractivity contribution < 1.29 is 9.59 Å². The summed E-state index contributed by atoms with van der Waals surface area (Å²) in [6.07, 6.45) is 10.5. The van der Waals surface area contributed by atoms with Crippen LogP contribution in [0.25, 0.3) is 5.65 Å². The van der Waals surface area contributed by atoms with Gasteiger partial charge in [0, 0.05) is 30.3 Å². The Kier molecular flexibility index (Phi) is 3.92. The van der Waals surface area contributed by atoms with Gasteiger partial charge in [0.2, 0.25) is 11.8 Å². The minimum absolute atomic E-state index is 0.0160. The van der Waals surface area contributed by atoms with E-state index in [2.05, 4.69) is 20.7 Å². The molecule has 0 saturated heterocycles. The number of aromatic nitrogens is 3. The van der Waals surface area contributed by atoms with Crippen LogP contribution < -0.4 is 10.6 Å². The Balaban J connectivity index is 1.32. The standard InChI is InChI=1S/C17H21N5O2/c23-16(11-2-3-11)20-13-6-4-12(5-7-13)17(24)21-14-10-19-22-9-1-8-18-15(14)22/h1,8-13H,2-7H2,(H,20,23)(H,21,24). The van der Waals surface area contributed by atoms with Gasteiger partial charge in [-0.1, -0.05) is 0 Å². The van der Waals surface area contributed by atoms with E-state index in [4.69, 9.17) is 0 Å². The van der Waals surface area contributed by atoms with Crippen molar-refractivity contribution in [2.24, 2.45) is 11.8 Å². The minimum Gasteiger partial charge on any atom is -0.353 e. The highest BCUT2D eigenvalue weighted by Gasteiger charge is 2.33. The van der Waals surface area contributed by atoms with Crippen LogP contribution in [0.1, 0.15) is 38.5 Å². The van der Waals surface area contributed by atoms with E-state index in [0.29, 0.717) is 11.3 Å². The monoisotopic (exact) mass is 327 g/mol. The first-order chi connectivity index (χ1) is 11.7. The molecule has 4 rings (SSSR count). The zero-order valence-corrected chi connectivity index (χ0v) is 13.4. The van der Waals surface area contributed by atoms with Crippen molar-refractivity contribution in [2.45, 2.75) is 44.6 Å². The van der Waals surface area contributed by atoms with Gasteiger partial charge in [0.05, 0.1) is 6.20 Å². The highest BCUT2D eigenvalue weighted by Crippen LogP contribution is 2.31. The predicted molar refractivity (Wildman–Crippen MR) is 88.2 cm³/mol. The van der Waals surface area contributed by atoms with E-state index in [1.54, 1.807) is 29.2 Å². The van der Waals surface area contributed by atoms with Crippen molar-refractivity contribution in [3.8, 4) is 0 Å². The number of nitrogens with one attached hydrogen (secondary N) is 2. The molecule has 2 aromatic heterocycles. The maximum absolute atomic E-state index is 12.5. The fourth-order valence-electron chi connectivity index (χ4n) is 3.31. The van der Waals surface area contributed by atoms with Crippen molar-refractivity contribution in [1.29, 1.82) is 0 Å². The van der Waals surface area contributed by atoms with E-state index < -0.39 is 0 Å². The zero-order valence-electron chi connectivity index (χ0n) is 13.4. The Morgan fingerprint density at radius 2 is 1.75 bits per heavy atom. The smallest absolute Gasteiger partial charge is 0.227 e. The van der Waals surface area contributed by atoms with Gasteiger partial charge in [-0.05, 0) is 44.6 Å². The molecular formula is C17H21N5O2. The first-order valence-electron chi connectivity index (χ1n) is 8.60. The van der Waals surface area contributed by atoms with Crippen molar-refractivity contribution in [1.82, 2.24) is 19.9 Å². The lowest BCUT2D eigenvalue weighted by molar-refractivity contribution is -0.123. The van der Waals surface area contributed by atoms with Crippen LogP contribution in [0.15, 0.2) is 24.7 Å². The van der Waals surface area contributed by atoms with Gasteiger partial charge in [-0.3, -0.25) is 9.59 Å². The zero-order chi connectivity index (χ0) is 16.5. The number of carbonyl (C=O) groups is 2. The molecule has 2 N–H and O–H groups in total. The van der Waals surface area contributed by atoms with Crippen LogP contribution in [0.2, 0.25) is 0 Å². The summed E-state index contributed by atoms with van der Waals surface area (Å²) in [4.78, 5) is 28.6. The molecule has 2 fully saturated rings. The Morgan fingerprint density at radius 3 is 2.50 bits per heavy atom. The molecule has 0 unspecified atom stereocenters. The highest BCUT2D eigenvalue weighted by molar-refractivity contribution is 5.95. The fourth-order valence-corrected chi connectivity index (χ4v) is 3.31. The molecule has 2 amide bonds. The van der Waals surface area contributed by atoms with Gasteiger partial charge in [-0.15, -0.1) is 0 Å². The van der Waals surface area contributed by atoms with E-state index in [9.17, 15) is 9.59 Å². The Morgan fingerprint density at radius 1 is 1.04 bits per heavy atom. The van der Waals surface area contributed by atoms with E-state index in [-0.39, 0.29) is 29.7 Å². The van der Waals surface area contributed by atoms with Crippen molar-refractivity contribution in [3.63, 3.8) is 0 Å². The molecule has 24 heavy (non-hydrogen) atoms. The summed E-state index contributed by atoms with van der Waals surface area (Å²) in [7, 11) is 0. The van der Waals surface area contributed by atoms with Crippen molar-refractivity contribution in [2.75, 3.05) is 5.32 Å². The van der Waals surface area contributed by atoms with Crippen LogP contribution in [0.3, 0.4) is 0 Å². The van der Waals surface area contributed by atoms with E-state index >= 15 is 0 Å². The molecule has 7 nitrogen and oxygen atoms in total. The lowest BCUT2D eigenvalue weighted by Gasteiger charge is -2.28. The topological polar surface area (TPSA) is 88.4 Å². The van der Waals surface area contributed by atoms with Gasteiger partial charge < -0.3 is 10.6 Å². The average molecular weight is 327 g/mol. The molecule has 126 valence electrons. The second kappa shape index (κ2) is 6.22. The lowest BCUT2D eigenvalue weighted by atomic mass is 9.85. The molecule has 2 aliphatic rings. The van der Waals surface area contributed by atoms with Gasteiger partial charge >= 0.3 is 0 Å². The van der Waals surface area contributed by atoms with Crippen molar-refractivity contribution in [3.05, 3.63) is 24.7 Å². The van der Waals surface area contributed by atoms with Crippen LogP contribution in [0.5, 0.6) is 0 Å². The number of hydrogen-bond donors (Lipinski definition) is 2. The van der Waals surface area contributed by atoms with Crippen molar-refractivity contribution >= 4 is 23.1 Å². The van der Waals surface area contributed by atoms with Crippen LogP contribution in [0.4, 0.5) is 5.69 Å². The molecule has 2 aliphatic carbocycles. The molecule has 2 heterocycles. The normalized spacial score (nSPS) is 23.8. The second-order valence-corrected chi connectivity index (χ2v) is 6.77. The predicted octanol–water partition coefficient (Wildman–Crippen LogP) is 1.75. The van der Waals surface area contributed by atoms with Crippen LogP contribution >= 0.6 is 0 Å². The summed E-state index contributed by atoms with van der Waals surface area (Å²) >= 11 is 0. The maximum atomic E-state index is 12.5. The number of amides is 2. The van der Waals surface area contributed by atoms with Crippen LogP contribution in [-0.4, -0.2) is 32.5 Å². The lowest BCUT2D eigenvalue weighted by Crippen LogP contribution is -2.40. The van der Waals surface area contributed by atoms with Gasteiger partial charge in [0.25, 0.3) is 0 Å². The summed E-state index contributed by atoms with van der Waals surface area (Å²) in [5.41, 5.74) is 1.29. The van der Waals surface area contributed by atoms with Gasteiger partial charge in [-0.25, -0.2) is 9.50 Å². The van der Waals surface area contributed by atoms with E-state index in [0.717, 1.165) is 38.5 Å². The van der Waals surface area contributed by atoms with E-state index in [1.807, 2.05) is 0 Å². The first kappa shape index (κ1) is 15.1. The number of fused-ring (bicyclic) bond motifs is 1. The summed E-state index contributed by atoms with van der Waals surface area (Å²) in [6.45, 7) is 0.